The van der Waals surface area contributed by atoms with Gasteiger partial charge in [0.15, 0.2) is 0 Å². The number of carbonyl (C=O) groups excluding carboxylic acids is 1. The standard InChI is InChI=1S/C19H17NO2S2/c21-18(11-20-19(22)6-1-14-7-9-23-12-14)16-4-2-15(3-5-16)17-8-10-24-13-17/h1-10,12-13,18,21H,11H2,(H,20,22). The minimum atomic E-state index is -0.722. The van der Waals surface area contributed by atoms with E-state index in [0.29, 0.717) is 0 Å². The van der Waals surface area contributed by atoms with Gasteiger partial charge in [-0.3, -0.25) is 4.79 Å². The van der Waals surface area contributed by atoms with E-state index in [9.17, 15) is 9.90 Å². The maximum absolute atomic E-state index is 11.8. The van der Waals surface area contributed by atoms with Crippen molar-refractivity contribution in [2.75, 3.05) is 6.54 Å². The third kappa shape index (κ3) is 4.41. The van der Waals surface area contributed by atoms with Crippen molar-refractivity contribution in [2.45, 2.75) is 6.10 Å². The SMILES string of the molecule is O=C(C=Cc1ccsc1)NCC(O)c1ccc(-c2ccsc2)cc1. The molecule has 0 saturated carbocycles. The molecule has 1 unspecified atom stereocenters. The van der Waals surface area contributed by atoms with Gasteiger partial charge in [0.25, 0.3) is 0 Å². The van der Waals surface area contributed by atoms with Crippen molar-refractivity contribution in [3.05, 3.63) is 75.1 Å². The summed E-state index contributed by atoms with van der Waals surface area (Å²) in [5.74, 6) is -0.213. The van der Waals surface area contributed by atoms with Gasteiger partial charge in [0.05, 0.1) is 6.10 Å². The first-order valence-electron chi connectivity index (χ1n) is 7.51. The van der Waals surface area contributed by atoms with Crippen LogP contribution in [-0.4, -0.2) is 17.6 Å². The quantitative estimate of drug-likeness (QED) is 0.646. The molecule has 0 saturated heterocycles. The minimum Gasteiger partial charge on any atom is -0.387 e. The lowest BCUT2D eigenvalue weighted by atomic mass is 10.0. The summed E-state index contributed by atoms with van der Waals surface area (Å²) < 4.78 is 0. The number of hydrogen-bond acceptors (Lipinski definition) is 4. The van der Waals surface area contributed by atoms with E-state index < -0.39 is 6.10 Å². The van der Waals surface area contributed by atoms with E-state index in [4.69, 9.17) is 0 Å². The third-order valence-corrected chi connectivity index (χ3v) is 4.97. The lowest BCUT2D eigenvalue weighted by molar-refractivity contribution is -0.116. The summed E-state index contributed by atoms with van der Waals surface area (Å²) in [6.07, 6.45) is 2.52. The van der Waals surface area contributed by atoms with Crippen molar-refractivity contribution in [1.82, 2.24) is 5.32 Å². The molecule has 3 nitrogen and oxygen atoms in total. The van der Waals surface area contributed by atoms with E-state index >= 15 is 0 Å². The zero-order chi connectivity index (χ0) is 16.8. The molecule has 5 heteroatoms. The normalized spacial score (nSPS) is 12.4. The van der Waals surface area contributed by atoms with E-state index in [-0.39, 0.29) is 12.5 Å². The van der Waals surface area contributed by atoms with Crippen molar-refractivity contribution < 1.29 is 9.90 Å². The van der Waals surface area contributed by atoms with E-state index in [1.54, 1.807) is 28.7 Å². The van der Waals surface area contributed by atoms with Crippen LogP contribution >= 0.6 is 22.7 Å². The van der Waals surface area contributed by atoms with Crippen molar-refractivity contribution in [3.8, 4) is 11.1 Å². The number of aliphatic hydroxyl groups excluding tert-OH is 1. The molecule has 0 aliphatic carbocycles. The molecule has 2 aromatic heterocycles. The molecule has 1 aromatic carbocycles. The Labute approximate surface area is 148 Å². The molecular formula is C19H17NO2S2. The third-order valence-electron chi connectivity index (χ3n) is 3.59. The van der Waals surface area contributed by atoms with Crippen molar-refractivity contribution in [3.63, 3.8) is 0 Å². The minimum absolute atomic E-state index is 0.185. The van der Waals surface area contributed by atoms with Crippen LogP contribution in [0.25, 0.3) is 17.2 Å². The van der Waals surface area contributed by atoms with Gasteiger partial charge in [-0.1, -0.05) is 24.3 Å². The maximum Gasteiger partial charge on any atom is 0.244 e. The Kier molecular flexibility index (Phi) is 5.59. The average molecular weight is 355 g/mol. The van der Waals surface area contributed by atoms with Gasteiger partial charge in [-0.05, 0) is 62.0 Å². The van der Waals surface area contributed by atoms with Gasteiger partial charge in [-0.15, -0.1) is 0 Å². The molecule has 0 bridgehead atoms. The van der Waals surface area contributed by atoms with Crippen molar-refractivity contribution in [2.24, 2.45) is 0 Å². The number of benzene rings is 1. The molecule has 122 valence electrons. The van der Waals surface area contributed by atoms with Crippen LogP contribution in [0.15, 0.2) is 64.0 Å². The fourth-order valence-electron chi connectivity index (χ4n) is 2.24. The topological polar surface area (TPSA) is 49.3 Å². The number of thiophene rings is 2. The highest BCUT2D eigenvalue weighted by Crippen LogP contribution is 2.23. The predicted molar refractivity (Wildman–Crippen MR) is 101 cm³/mol. The maximum atomic E-state index is 11.8. The second kappa shape index (κ2) is 8.06. The Balaban J connectivity index is 1.53. The molecule has 0 fully saturated rings. The van der Waals surface area contributed by atoms with E-state index in [2.05, 4.69) is 16.8 Å². The highest BCUT2D eigenvalue weighted by atomic mass is 32.1. The van der Waals surface area contributed by atoms with Gasteiger partial charge in [-0.2, -0.15) is 22.7 Å². The molecule has 3 rings (SSSR count). The molecule has 2 N–H and O–H groups in total. The summed E-state index contributed by atoms with van der Waals surface area (Å²) in [6, 6.07) is 11.8. The van der Waals surface area contributed by atoms with Gasteiger partial charge in [0, 0.05) is 12.6 Å². The number of hydrogen-bond donors (Lipinski definition) is 2. The lowest BCUT2D eigenvalue weighted by Crippen LogP contribution is -2.26. The van der Waals surface area contributed by atoms with Gasteiger partial charge < -0.3 is 10.4 Å². The summed E-state index contributed by atoms with van der Waals surface area (Å²) in [5.41, 5.74) is 4.08. The summed E-state index contributed by atoms with van der Waals surface area (Å²) in [6.45, 7) is 0.185. The summed E-state index contributed by atoms with van der Waals surface area (Å²) in [7, 11) is 0. The molecule has 0 aliphatic heterocycles. The van der Waals surface area contributed by atoms with Crippen molar-refractivity contribution in [1.29, 1.82) is 0 Å². The Morgan fingerprint density at radius 1 is 1.04 bits per heavy atom. The number of rotatable bonds is 6. The Morgan fingerprint density at radius 3 is 2.46 bits per heavy atom. The van der Waals surface area contributed by atoms with Gasteiger partial charge in [0.1, 0.15) is 0 Å². The molecule has 0 aliphatic rings. The highest BCUT2D eigenvalue weighted by Gasteiger charge is 2.09. The van der Waals surface area contributed by atoms with Crippen LogP contribution in [0.4, 0.5) is 0 Å². The monoisotopic (exact) mass is 355 g/mol. The molecule has 1 amide bonds. The van der Waals surface area contributed by atoms with E-state index in [0.717, 1.165) is 16.7 Å². The van der Waals surface area contributed by atoms with Crippen LogP contribution in [0.1, 0.15) is 17.2 Å². The number of aliphatic hydroxyl groups is 1. The molecule has 24 heavy (non-hydrogen) atoms. The van der Waals surface area contributed by atoms with Gasteiger partial charge in [0.2, 0.25) is 5.91 Å². The van der Waals surface area contributed by atoms with Gasteiger partial charge >= 0.3 is 0 Å². The Bertz CT molecular complexity index is 791. The molecule has 3 aromatic rings. The molecule has 0 radical (unpaired) electrons. The zero-order valence-corrected chi connectivity index (χ0v) is 14.5. The Hall–Kier alpha value is -2.21. The molecule has 2 heterocycles. The molecule has 1 atom stereocenters. The molecule has 0 spiro atoms. The average Bonchev–Trinajstić information content (AvgIpc) is 3.31. The second-order valence-corrected chi connectivity index (χ2v) is 6.85. The smallest absolute Gasteiger partial charge is 0.244 e. The zero-order valence-electron chi connectivity index (χ0n) is 12.9. The van der Waals surface area contributed by atoms with Crippen LogP contribution in [0.2, 0.25) is 0 Å². The number of carbonyl (C=O) groups is 1. The predicted octanol–water partition coefficient (Wildman–Crippen LogP) is 4.34. The van der Waals surface area contributed by atoms with Crippen LogP contribution < -0.4 is 5.32 Å². The van der Waals surface area contributed by atoms with Gasteiger partial charge in [-0.25, -0.2) is 0 Å². The highest BCUT2D eigenvalue weighted by molar-refractivity contribution is 7.08. The van der Waals surface area contributed by atoms with Crippen LogP contribution in [-0.2, 0) is 4.79 Å². The summed E-state index contributed by atoms with van der Waals surface area (Å²) in [4.78, 5) is 11.8. The fraction of sp³-hybridized carbons (Fsp3) is 0.105. The lowest BCUT2D eigenvalue weighted by Gasteiger charge is -2.12. The number of amides is 1. The molecular weight excluding hydrogens is 338 g/mol. The largest absolute Gasteiger partial charge is 0.387 e. The van der Waals surface area contributed by atoms with Crippen molar-refractivity contribution >= 4 is 34.7 Å². The Morgan fingerprint density at radius 2 is 1.79 bits per heavy atom. The summed E-state index contributed by atoms with van der Waals surface area (Å²) >= 11 is 3.24. The van der Waals surface area contributed by atoms with Crippen LogP contribution in [0, 0.1) is 0 Å². The van der Waals surface area contributed by atoms with Crippen LogP contribution in [0.5, 0.6) is 0 Å². The van der Waals surface area contributed by atoms with Crippen LogP contribution in [0.3, 0.4) is 0 Å². The first kappa shape index (κ1) is 16.6. The van der Waals surface area contributed by atoms with E-state index in [1.807, 2.05) is 46.5 Å². The first-order valence-corrected chi connectivity index (χ1v) is 9.39. The number of nitrogens with one attached hydrogen (secondary N) is 1. The summed E-state index contributed by atoms with van der Waals surface area (Å²) in [5, 5.41) is 21.0. The van der Waals surface area contributed by atoms with E-state index in [1.165, 1.54) is 11.6 Å². The fourth-order valence-corrected chi connectivity index (χ4v) is 3.54. The first-order chi connectivity index (χ1) is 11.7. The second-order valence-electron chi connectivity index (χ2n) is 5.28.